The number of para-hydroxylation sites is 1. The van der Waals surface area contributed by atoms with Crippen LogP contribution < -0.4 is 10.6 Å². The predicted octanol–water partition coefficient (Wildman–Crippen LogP) is 4.73. The van der Waals surface area contributed by atoms with Crippen LogP contribution in [0.2, 0.25) is 0 Å². The molecule has 0 spiro atoms. The highest BCUT2D eigenvalue weighted by Crippen LogP contribution is 2.24. The molecule has 0 aliphatic rings. The van der Waals surface area contributed by atoms with Gasteiger partial charge in [-0.25, -0.2) is 4.98 Å². The first kappa shape index (κ1) is 14.5. The van der Waals surface area contributed by atoms with Crippen LogP contribution in [0.4, 0.5) is 17.5 Å². The minimum atomic E-state index is 0.563. The molecule has 0 radical (unpaired) electrons. The van der Waals surface area contributed by atoms with E-state index >= 15 is 0 Å². The average Bonchev–Trinajstić information content (AvgIpc) is 2.55. The van der Waals surface area contributed by atoms with Crippen LogP contribution in [0.15, 0.2) is 65.7 Å². The van der Waals surface area contributed by atoms with Crippen molar-refractivity contribution in [2.24, 2.45) is 0 Å². The Morgan fingerprint density at radius 3 is 2.59 bits per heavy atom. The summed E-state index contributed by atoms with van der Waals surface area (Å²) in [7, 11) is 0. The van der Waals surface area contributed by atoms with Crippen molar-refractivity contribution in [3.05, 3.63) is 65.7 Å². The minimum absolute atomic E-state index is 0.563. The Labute approximate surface area is 137 Å². The van der Waals surface area contributed by atoms with E-state index in [1.165, 1.54) is 0 Å². The van der Waals surface area contributed by atoms with E-state index in [9.17, 15) is 0 Å². The van der Waals surface area contributed by atoms with Crippen molar-refractivity contribution in [1.82, 2.24) is 9.97 Å². The lowest BCUT2D eigenvalue weighted by Crippen LogP contribution is -2.05. The molecule has 0 unspecified atom stereocenters. The maximum Gasteiger partial charge on any atom is 0.229 e. The molecule has 1 aromatic heterocycles. The number of rotatable bonds is 5. The Kier molecular flexibility index (Phi) is 4.34. The van der Waals surface area contributed by atoms with Gasteiger partial charge in [0.2, 0.25) is 5.95 Å². The van der Waals surface area contributed by atoms with Gasteiger partial charge in [0, 0.05) is 22.1 Å². The van der Waals surface area contributed by atoms with Gasteiger partial charge in [0.25, 0.3) is 0 Å². The van der Waals surface area contributed by atoms with Crippen LogP contribution in [0.1, 0.15) is 0 Å². The number of hydrogen-bond acceptors (Lipinski definition) is 4. The fourth-order valence-corrected chi connectivity index (χ4v) is 2.36. The predicted molar refractivity (Wildman–Crippen MR) is 95.6 cm³/mol. The second-order valence-corrected chi connectivity index (χ2v) is 5.63. The summed E-state index contributed by atoms with van der Waals surface area (Å²) in [4.78, 5) is 9.13. The summed E-state index contributed by atoms with van der Waals surface area (Å²) >= 11 is 3.43. The fourth-order valence-electron chi connectivity index (χ4n) is 2.10. The molecule has 0 amide bonds. The van der Waals surface area contributed by atoms with E-state index in [0.29, 0.717) is 12.5 Å². The van der Waals surface area contributed by atoms with Crippen LogP contribution in [-0.2, 0) is 0 Å². The smallest absolute Gasteiger partial charge is 0.229 e. The van der Waals surface area contributed by atoms with Gasteiger partial charge in [-0.3, -0.25) is 0 Å². The van der Waals surface area contributed by atoms with E-state index in [-0.39, 0.29) is 0 Å². The molecule has 110 valence electrons. The Bertz CT molecular complexity index is 799. The largest absolute Gasteiger partial charge is 0.366 e. The zero-order valence-corrected chi connectivity index (χ0v) is 13.5. The van der Waals surface area contributed by atoms with Crippen LogP contribution in [0, 0.1) is 0 Å². The lowest BCUT2D eigenvalue weighted by atomic mass is 10.2. The molecule has 22 heavy (non-hydrogen) atoms. The normalized spacial score (nSPS) is 10.4. The third-order valence-electron chi connectivity index (χ3n) is 3.12. The molecule has 2 aromatic carbocycles. The van der Waals surface area contributed by atoms with Crippen molar-refractivity contribution in [1.29, 1.82) is 0 Å². The third-order valence-corrected chi connectivity index (χ3v) is 3.65. The molecule has 0 bridgehead atoms. The average molecular weight is 355 g/mol. The lowest BCUT2D eigenvalue weighted by molar-refractivity contribution is 1.18. The molecule has 2 N–H and O–H groups in total. The second kappa shape index (κ2) is 6.58. The molecule has 4 nitrogen and oxygen atoms in total. The number of hydrogen-bond donors (Lipinski definition) is 2. The van der Waals surface area contributed by atoms with E-state index in [1.807, 2.05) is 48.5 Å². The van der Waals surface area contributed by atoms with Gasteiger partial charge in [-0.05, 0) is 36.4 Å². The first-order valence-corrected chi connectivity index (χ1v) is 7.70. The molecule has 3 aromatic rings. The fraction of sp³-hybridized carbons (Fsp3) is 0.0588. The molecule has 3 rings (SSSR count). The number of halogens is 1. The summed E-state index contributed by atoms with van der Waals surface area (Å²) in [5.74, 6) is 1.36. The number of nitrogens with one attached hydrogen (secondary N) is 2. The zero-order valence-electron chi connectivity index (χ0n) is 11.9. The summed E-state index contributed by atoms with van der Waals surface area (Å²) in [6.07, 6.45) is 1.80. The Morgan fingerprint density at radius 1 is 1.05 bits per heavy atom. The second-order valence-electron chi connectivity index (χ2n) is 4.71. The van der Waals surface area contributed by atoms with Gasteiger partial charge in [-0.15, -0.1) is 6.58 Å². The molecule has 0 aliphatic carbocycles. The first-order valence-electron chi connectivity index (χ1n) is 6.90. The number of benzene rings is 2. The summed E-state index contributed by atoms with van der Waals surface area (Å²) in [6, 6.07) is 15.8. The van der Waals surface area contributed by atoms with E-state index in [1.54, 1.807) is 6.08 Å². The van der Waals surface area contributed by atoms with Gasteiger partial charge in [-0.1, -0.05) is 34.1 Å². The Balaban J connectivity index is 1.98. The Morgan fingerprint density at radius 2 is 1.82 bits per heavy atom. The summed E-state index contributed by atoms with van der Waals surface area (Å²) in [6.45, 7) is 4.38. The van der Waals surface area contributed by atoms with Crippen LogP contribution >= 0.6 is 15.9 Å². The highest BCUT2D eigenvalue weighted by Gasteiger charge is 2.07. The highest BCUT2D eigenvalue weighted by atomic mass is 79.9. The summed E-state index contributed by atoms with van der Waals surface area (Å²) in [5, 5.41) is 7.48. The molecule has 5 heteroatoms. The van der Waals surface area contributed by atoms with Gasteiger partial charge >= 0.3 is 0 Å². The summed E-state index contributed by atoms with van der Waals surface area (Å²) in [5.41, 5.74) is 1.83. The van der Waals surface area contributed by atoms with E-state index in [2.05, 4.69) is 43.1 Å². The van der Waals surface area contributed by atoms with E-state index in [0.717, 1.165) is 26.9 Å². The molecule has 0 saturated heterocycles. The van der Waals surface area contributed by atoms with E-state index < -0.39 is 0 Å². The van der Waals surface area contributed by atoms with Crippen LogP contribution in [0.5, 0.6) is 0 Å². The van der Waals surface area contributed by atoms with Crippen LogP contribution in [0.25, 0.3) is 10.9 Å². The molecule has 0 aliphatic heterocycles. The number of aromatic nitrogens is 2. The maximum absolute atomic E-state index is 4.56. The van der Waals surface area contributed by atoms with Crippen molar-refractivity contribution in [2.75, 3.05) is 17.2 Å². The third kappa shape index (κ3) is 3.26. The number of nitrogens with zero attached hydrogens (tertiary/aromatic N) is 2. The number of anilines is 3. The monoisotopic (exact) mass is 354 g/mol. The van der Waals surface area contributed by atoms with Gasteiger partial charge in [0.1, 0.15) is 5.82 Å². The van der Waals surface area contributed by atoms with Crippen LogP contribution in [-0.4, -0.2) is 16.5 Å². The quantitative estimate of drug-likeness (QED) is 0.650. The van der Waals surface area contributed by atoms with Crippen molar-refractivity contribution >= 4 is 44.3 Å². The van der Waals surface area contributed by atoms with Crippen molar-refractivity contribution in [3.8, 4) is 0 Å². The van der Waals surface area contributed by atoms with Gasteiger partial charge < -0.3 is 10.6 Å². The molecule has 0 fully saturated rings. The van der Waals surface area contributed by atoms with E-state index in [4.69, 9.17) is 0 Å². The topological polar surface area (TPSA) is 49.8 Å². The molecular weight excluding hydrogens is 340 g/mol. The zero-order chi connectivity index (χ0) is 15.4. The van der Waals surface area contributed by atoms with Crippen molar-refractivity contribution in [2.45, 2.75) is 0 Å². The SMILES string of the molecule is C=CCNc1nc(Nc2ccc(Br)cc2)nc2ccccc12. The lowest BCUT2D eigenvalue weighted by Gasteiger charge is -2.11. The summed E-state index contributed by atoms with van der Waals surface area (Å²) < 4.78 is 1.03. The minimum Gasteiger partial charge on any atom is -0.366 e. The molecule has 0 saturated carbocycles. The van der Waals surface area contributed by atoms with Crippen molar-refractivity contribution in [3.63, 3.8) is 0 Å². The standard InChI is InChI=1S/C17H15BrN4/c1-2-11-19-16-14-5-3-4-6-15(14)21-17(22-16)20-13-9-7-12(18)8-10-13/h2-10H,1,11H2,(H2,19,20,21,22). The number of fused-ring (bicyclic) bond motifs is 1. The van der Waals surface area contributed by atoms with Crippen molar-refractivity contribution < 1.29 is 0 Å². The highest BCUT2D eigenvalue weighted by molar-refractivity contribution is 9.10. The van der Waals surface area contributed by atoms with Gasteiger partial charge in [-0.2, -0.15) is 4.98 Å². The molecule has 0 atom stereocenters. The maximum atomic E-state index is 4.56. The van der Waals surface area contributed by atoms with Gasteiger partial charge in [0.15, 0.2) is 0 Å². The first-order chi connectivity index (χ1) is 10.8. The molecular formula is C17H15BrN4. The Hall–Kier alpha value is -2.40. The van der Waals surface area contributed by atoms with Gasteiger partial charge in [0.05, 0.1) is 5.52 Å². The molecule has 1 heterocycles. The van der Waals surface area contributed by atoms with Crippen LogP contribution in [0.3, 0.4) is 0 Å².